The highest BCUT2D eigenvalue weighted by molar-refractivity contribution is 5.15. The van der Waals surface area contributed by atoms with Gasteiger partial charge < -0.3 is 14.6 Å². The Labute approximate surface area is 124 Å². The highest BCUT2D eigenvalue weighted by Crippen LogP contribution is 2.11. The molecule has 0 saturated carbocycles. The predicted molar refractivity (Wildman–Crippen MR) is 78.8 cm³/mol. The molecule has 0 spiro atoms. The summed E-state index contributed by atoms with van der Waals surface area (Å²) in [4.78, 5) is 4.39. The lowest BCUT2D eigenvalue weighted by molar-refractivity contribution is 0.00859. The summed E-state index contributed by atoms with van der Waals surface area (Å²) in [5, 5.41) is 7.33. The van der Waals surface area contributed by atoms with Gasteiger partial charge in [0.05, 0.1) is 6.10 Å². The van der Waals surface area contributed by atoms with Crippen molar-refractivity contribution in [2.24, 2.45) is 0 Å². The fraction of sp³-hybridized carbons (Fsp3) is 0.500. The molecule has 0 aliphatic carbocycles. The third kappa shape index (κ3) is 4.37. The van der Waals surface area contributed by atoms with Crippen LogP contribution in [-0.4, -0.2) is 29.3 Å². The SMILES string of the molecule is c1ccc(CCc2noc(COC3CCNCC3)n2)cc1. The van der Waals surface area contributed by atoms with Crippen molar-refractivity contribution < 1.29 is 9.26 Å². The van der Waals surface area contributed by atoms with Gasteiger partial charge in [-0.2, -0.15) is 4.98 Å². The van der Waals surface area contributed by atoms with Crippen molar-refractivity contribution in [3.8, 4) is 0 Å². The minimum Gasteiger partial charge on any atom is -0.368 e. The first-order valence-corrected chi connectivity index (χ1v) is 7.58. The summed E-state index contributed by atoms with van der Waals surface area (Å²) < 4.78 is 11.1. The number of nitrogens with zero attached hydrogens (tertiary/aromatic N) is 2. The number of aromatic nitrogens is 2. The number of nitrogens with one attached hydrogen (secondary N) is 1. The van der Waals surface area contributed by atoms with E-state index in [-0.39, 0.29) is 0 Å². The molecule has 112 valence electrons. The van der Waals surface area contributed by atoms with Crippen molar-refractivity contribution in [2.75, 3.05) is 13.1 Å². The lowest BCUT2D eigenvalue weighted by atomic mass is 10.1. The van der Waals surface area contributed by atoms with Gasteiger partial charge in [0, 0.05) is 6.42 Å². The molecule has 1 N–H and O–H groups in total. The van der Waals surface area contributed by atoms with Crippen LogP contribution < -0.4 is 5.32 Å². The maximum Gasteiger partial charge on any atom is 0.252 e. The van der Waals surface area contributed by atoms with E-state index in [9.17, 15) is 0 Å². The van der Waals surface area contributed by atoms with E-state index in [0.29, 0.717) is 18.6 Å². The second-order valence-electron chi connectivity index (χ2n) is 5.35. The van der Waals surface area contributed by atoms with E-state index >= 15 is 0 Å². The predicted octanol–water partition coefficient (Wildman–Crippen LogP) is 2.12. The molecule has 1 saturated heterocycles. The Hall–Kier alpha value is -1.72. The first-order valence-electron chi connectivity index (χ1n) is 7.58. The zero-order chi connectivity index (χ0) is 14.3. The lowest BCUT2D eigenvalue weighted by Crippen LogP contribution is -2.32. The van der Waals surface area contributed by atoms with Gasteiger partial charge in [-0.05, 0) is 37.9 Å². The minimum absolute atomic E-state index is 0.311. The van der Waals surface area contributed by atoms with Gasteiger partial charge in [-0.15, -0.1) is 0 Å². The monoisotopic (exact) mass is 287 g/mol. The highest BCUT2D eigenvalue weighted by Gasteiger charge is 2.15. The van der Waals surface area contributed by atoms with Crippen molar-refractivity contribution in [1.82, 2.24) is 15.5 Å². The van der Waals surface area contributed by atoms with Crippen LogP contribution in [0.5, 0.6) is 0 Å². The first-order chi connectivity index (χ1) is 10.4. The van der Waals surface area contributed by atoms with Crippen molar-refractivity contribution in [3.63, 3.8) is 0 Å². The molecule has 21 heavy (non-hydrogen) atoms. The molecule has 0 amide bonds. The Morgan fingerprint density at radius 3 is 2.76 bits per heavy atom. The van der Waals surface area contributed by atoms with Gasteiger partial charge in [0.1, 0.15) is 6.61 Å². The van der Waals surface area contributed by atoms with E-state index < -0.39 is 0 Å². The van der Waals surface area contributed by atoms with E-state index in [1.165, 1.54) is 5.56 Å². The summed E-state index contributed by atoms with van der Waals surface area (Å²) in [5.41, 5.74) is 1.29. The maximum atomic E-state index is 5.81. The first kappa shape index (κ1) is 14.2. The van der Waals surface area contributed by atoms with E-state index in [4.69, 9.17) is 9.26 Å². The average molecular weight is 287 g/mol. The topological polar surface area (TPSA) is 60.2 Å². The summed E-state index contributed by atoms with van der Waals surface area (Å²) in [5.74, 6) is 1.33. The molecule has 5 heteroatoms. The number of rotatable bonds is 6. The fourth-order valence-electron chi connectivity index (χ4n) is 2.50. The van der Waals surface area contributed by atoms with Gasteiger partial charge in [0.25, 0.3) is 5.89 Å². The molecule has 1 aromatic carbocycles. The Balaban J connectivity index is 1.45. The summed E-state index contributed by atoms with van der Waals surface area (Å²) in [6.45, 7) is 2.47. The van der Waals surface area contributed by atoms with Crippen LogP contribution in [0.2, 0.25) is 0 Å². The minimum atomic E-state index is 0.311. The summed E-state index contributed by atoms with van der Waals surface area (Å²) in [6.07, 6.45) is 4.13. The second-order valence-corrected chi connectivity index (χ2v) is 5.35. The van der Waals surface area contributed by atoms with Crippen LogP contribution in [-0.2, 0) is 24.2 Å². The van der Waals surface area contributed by atoms with Crippen LogP contribution in [0.3, 0.4) is 0 Å². The number of ether oxygens (including phenoxy) is 1. The number of hydrogen-bond acceptors (Lipinski definition) is 5. The molecule has 0 atom stereocenters. The molecular formula is C16H21N3O2. The van der Waals surface area contributed by atoms with Crippen LogP contribution in [0.4, 0.5) is 0 Å². The van der Waals surface area contributed by atoms with Gasteiger partial charge in [0.15, 0.2) is 5.82 Å². The van der Waals surface area contributed by atoms with Crippen LogP contribution in [0, 0.1) is 0 Å². The van der Waals surface area contributed by atoms with Gasteiger partial charge in [-0.3, -0.25) is 0 Å². The third-order valence-electron chi connectivity index (χ3n) is 3.72. The molecule has 1 aromatic heterocycles. The van der Waals surface area contributed by atoms with Crippen LogP contribution in [0.15, 0.2) is 34.9 Å². The van der Waals surface area contributed by atoms with E-state index in [2.05, 4.69) is 27.6 Å². The summed E-state index contributed by atoms with van der Waals surface area (Å²) in [6, 6.07) is 10.3. The number of benzene rings is 1. The number of aryl methyl sites for hydroxylation is 2. The summed E-state index contributed by atoms with van der Waals surface area (Å²) in [7, 11) is 0. The molecule has 0 radical (unpaired) electrons. The van der Waals surface area contributed by atoms with Gasteiger partial charge in [-0.25, -0.2) is 0 Å². The van der Waals surface area contributed by atoms with Crippen molar-refractivity contribution >= 4 is 0 Å². The Morgan fingerprint density at radius 2 is 1.95 bits per heavy atom. The van der Waals surface area contributed by atoms with Gasteiger partial charge >= 0.3 is 0 Å². The zero-order valence-electron chi connectivity index (χ0n) is 12.1. The van der Waals surface area contributed by atoms with Crippen molar-refractivity contribution in [3.05, 3.63) is 47.6 Å². The van der Waals surface area contributed by atoms with Crippen molar-refractivity contribution in [2.45, 2.75) is 38.4 Å². The molecule has 1 aliphatic heterocycles. The molecular weight excluding hydrogens is 266 g/mol. The molecule has 1 aliphatic rings. The van der Waals surface area contributed by atoms with Crippen LogP contribution >= 0.6 is 0 Å². The third-order valence-corrected chi connectivity index (χ3v) is 3.72. The van der Waals surface area contributed by atoms with E-state index in [0.717, 1.165) is 44.6 Å². The Morgan fingerprint density at radius 1 is 1.14 bits per heavy atom. The molecule has 2 heterocycles. The quantitative estimate of drug-likeness (QED) is 0.882. The standard InChI is InChI=1S/C16H21N3O2/c1-2-4-13(5-3-1)6-7-15-18-16(21-19-15)12-20-14-8-10-17-11-9-14/h1-5,14,17H,6-12H2. The summed E-state index contributed by atoms with van der Waals surface area (Å²) >= 11 is 0. The zero-order valence-corrected chi connectivity index (χ0v) is 12.1. The maximum absolute atomic E-state index is 5.81. The Kier molecular flexibility index (Phi) is 4.97. The number of piperidine rings is 1. The van der Waals surface area contributed by atoms with Crippen molar-refractivity contribution in [1.29, 1.82) is 0 Å². The van der Waals surface area contributed by atoms with E-state index in [1.807, 2.05) is 18.2 Å². The largest absolute Gasteiger partial charge is 0.368 e. The fourth-order valence-corrected chi connectivity index (χ4v) is 2.50. The van der Waals surface area contributed by atoms with Gasteiger partial charge in [0.2, 0.25) is 0 Å². The molecule has 1 fully saturated rings. The molecule has 3 rings (SSSR count). The molecule has 0 unspecified atom stereocenters. The molecule has 5 nitrogen and oxygen atoms in total. The van der Waals surface area contributed by atoms with E-state index in [1.54, 1.807) is 0 Å². The van der Waals surface area contributed by atoms with Gasteiger partial charge in [-0.1, -0.05) is 35.5 Å². The number of hydrogen-bond donors (Lipinski definition) is 1. The van der Waals surface area contributed by atoms with Crippen LogP contribution in [0.25, 0.3) is 0 Å². The smallest absolute Gasteiger partial charge is 0.252 e. The van der Waals surface area contributed by atoms with Crippen LogP contribution in [0.1, 0.15) is 30.1 Å². The Bertz CT molecular complexity index is 535. The molecule has 2 aromatic rings. The highest BCUT2D eigenvalue weighted by atomic mass is 16.5. The normalized spacial score (nSPS) is 16.2. The lowest BCUT2D eigenvalue weighted by Gasteiger charge is -2.21. The molecule has 0 bridgehead atoms. The average Bonchev–Trinajstić information content (AvgIpc) is 3.01. The second kappa shape index (κ2) is 7.33.